The molecule has 0 radical (unpaired) electrons. The first-order chi connectivity index (χ1) is 12.7. The zero-order chi connectivity index (χ0) is 17.9. The maximum absolute atomic E-state index is 4.73. The van der Waals surface area contributed by atoms with Gasteiger partial charge in [-0.25, -0.2) is 9.97 Å². The molecule has 3 aromatic rings. The third kappa shape index (κ3) is 3.59. The summed E-state index contributed by atoms with van der Waals surface area (Å²) in [5, 5.41) is 8.94. The highest BCUT2D eigenvalue weighted by Gasteiger charge is 2.20. The average molecular weight is 348 g/mol. The van der Waals surface area contributed by atoms with Crippen LogP contribution in [0.3, 0.4) is 0 Å². The van der Waals surface area contributed by atoms with E-state index < -0.39 is 0 Å². The molecule has 0 N–H and O–H groups in total. The number of aromatic nitrogens is 6. The van der Waals surface area contributed by atoms with Crippen molar-refractivity contribution in [3.63, 3.8) is 0 Å². The van der Waals surface area contributed by atoms with Gasteiger partial charge < -0.3 is 0 Å². The molecule has 134 valence electrons. The van der Waals surface area contributed by atoms with Crippen LogP contribution in [0.15, 0.2) is 30.9 Å². The highest BCUT2D eigenvalue weighted by molar-refractivity contribution is 5.69. The lowest BCUT2D eigenvalue weighted by Gasteiger charge is -2.20. The SMILES string of the molecule is Cn1cc(-c2ccnc(/C=C/c3cn(C)nc3C3CCCCC3)n2)cn1. The van der Waals surface area contributed by atoms with Crippen molar-refractivity contribution in [2.75, 3.05) is 0 Å². The molecule has 26 heavy (non-hydrogen) atoms. The minimum Gasteiger partial charge on any atom is -0.275 e. The Balaban J connectivity index is 1.59. The molecule has 0 bridgehead atoms. The van der Waals surface area contributed by atoms with Gasteiger partial charge in [0.15, 0.2) is 5.82 Å². The first-order valence-corrected chi connectivity index (χ1v) is 9.23. The van der Waals surface area contributed by atoms with Crippen LogP contribution in [0, 0.1) is 0 Å². The normalized spacial score (nSPS) is 15.8. The molecule has 1 saturated carbocycles. The van der Waals surface area contributed by atoms with E-state index in [0.29, 0.717) is 11.7 Å². The number of rotatable bonds is 4. The standard InChI is InChI=1S/C20H24N6/c1-25-14-17(12-22-25)18-10-11-21-19(23-18)9-8-16-13-26(2)24-20(16)15-6-4-3-5-7-15/h8-15H,3-7H2,1-2H3/b9-8+. The van der Waals surface area contributed by atoms with E-state index in [0.717, 1.165) is 11.3 Å². The number of hydrogen-bond acceptors (Lipinski definition) is 4. The molecule has 0 aliphatic heterocycles. The fourth-order valence-electron chi connectivity index (χ4n) is 3.68. The smallest absolute Gasteiger partial charge is 0.152 e. The van der Waals surface area contributed by atoms with E-state index in [1.54, 1.807) is 10.9 Å². The maximum atomic E-state index is 4.73. The Kier molecular flexibility index (Phi) is 4.65. The molecular formula is C20H24N6. The van der Waals surface area contributed by atoms with Gasteiger partial charge >= 0.3 is 0 Å². The van der Waals surface area contributed by atoms with Crippen molar-refractivity contribution in [1.82, 2.24) is 29.5 Å². The van der Waals surface area contributed by atoms with Crippen LogP contribution in [-0.2, 0) is 14.1 Å². The molecule has 0 amide bonds. The Bertz CT molecular complexity index is 914. The van der Waals surface area contributed by atoms with Crippen molar-refractivity contribution in [3.8, 4) is 11.3 Å². The summed E-state index contributed by atoms with van der Waals surface area (Å²) in [4.78, 5) is 9.03. The number of nitrogens with zero attached hydrogens (tertiary/aromatic N) is 6. The van der Waals surface area contributed by atoms with E-state index >= 15 is 0 Å². The lowest BCUT2D eigenvalue weighted by molar-refractivity contribution is 0.433. The van der Waals surface area contributed by atoms with Gasteiger partial charge in [0, 0.05) is 49.7 Å². The van der Waals surface area contributed by atoms with Crippen LogP contribution in [0.1, 0.15) is 55.1 Å². The molecule has 3 heterocycles. The van der Waals surface area contributed by atoms with Crippen LogP contribution in [0.4, 0.5) is 0 Å². The van der Waals surface area contributed by atoms with Crippen molar-refractivity contribution >= 4 is 12.2 Å². The van der Waals surface area contributed by atoms with E-state index in [4.69, 9.17) is 5.10 Å². The second-order valence-electron chi connectivity index (χ2n) is 7.01. The van der Waals surface area contributed by atoms with Gasteiger partial charge in [-0.15, -0.1) is 0 Å². The third-order valence-corrected chi connectivity index (χ3v) is 4.97. The van der Waals surface area contributed by atoms with Gasteiger partial charge in [-0.05, 0) is 31.1 Å². The fraction of sp³-hybridized carbons (Fsp3) is 0.400. The molecule has 1 fully saturated rings. The predicted molar refractivity (Wildman–Crippen MR) is 102 cm³/mol. The summed E-state index contributed by atoms with van der Waals surface area (Å²) in [7, 11) is 3.89. The third-order valence-electron chi connectivity index (χ3n) is 4.97. The van der Waals surface area contributed by atoms with E-state index in [2.05, 4.69) is 27.3 Å². The Morgan fingerprint density at radius 2 is 1.88 bits per heavy atom. The van der Waals surface area contributed by atoms with Gasteiger partial charge in [-0.1, -0.05) is 19.3 Å². The summed E-state index contributed by atoms with van der Waals surface area (Å²) in [5.41, 5.74) is 4.27. The lowest BCUT2D eigenvalue weighted by atomic mass is 9.85. The Morgan fingerprint density at radius 1 is 1.04 bits per heavy atom. The van der Waals surface area contributed by atoms with Crippen LogP contribution in [0.25, 0.3) is 23.4 Å². The molecule has 0 saturated heterocycles. The van der Waals surface area contributed by atoms with E-state index in [9.17, 15) is 0 Å². The summed E-state index contributed by atoms with van der Waals surface area (Å²) in [6.07, 6.45) is 18.2. The highest BCUT2D eigenvalue weighted by atomic mass is 15.3. The molecule has 3 aromatic heterocycles. The average Bonchev–Trinajstić information content (AvgIpc) is 3.26. The van der Waals surface area contributed by atoms with Crippen LogP contribution in [0.5, 0.6) is 0 Å². The van der Waals surface area contributed by atoms with E-state index in [1.807, 2.05) is 43.3 Å². The summed E-state index contributed by atoms with van der Waals surface area (Å²) in [6, 6.07) is 1.91. The van der Waals surface area contributed by atoms with E-state index in [-0.39, 0.29) is 0 Å². The summed E-state index contributed by atoms with van der Waals surface area (Å²) < 4.78 is 3.69. The first kappa shape index (κ1) is 16.7. The molecule has 0 atom stereocenters. The monoisotopic (exact) mass is 348 g/mol. The van der Waals surface area contributed by atoms with Gasteiger partial charge in [0.1, 0.15) is 0 Å². The molecular weight excluding hydrogens is 324 g/mol. The minimum atomic E-state index is 0.576. The fourth-order valence-corrected chi connectivity index (χ4v) is 3.68. The number of aryl methyl sites for hydroxylation is 2. The Hall–Kier alpha value is -2.76. The zero-order valence-electron chi connectivity index (χ0n) is 15.3. The van der Waals surface area contributed by atoms with Crippen molar-refractivity contribution in [2.45, 2.75) is 38.0 Å². The van der Waals surface area contributed by atoms with Gasteiger partial charge in [0.25, 0.3) is 0 Å². The molecule has 1 aliphatic rings. The second kappa shape index (κ2) is 7.23. The predicted octanol–water partition coefficient (Wildman–Crippen LogP) is 3.83. The molecule has 6 nitrogen and oxygen atoms in total. The topological polar surface area (TPSA) is 61.4 Å². The van der Waals surface area contributed by atoms with Crippen molar-refractivity contribution in [3.05, 3.63) is 47.9 Å². The van der Waals surface area contributed by atoms with Crippen molar-refractivity contribution in [1.29, 1.82) is 0 Å². The quantitative estimate of drug-likeness (QED) is 0.719. The summed E-state index contributed by atoms with van der Waals surface area (Å²) >= 11 is 0. The van der Waals surface area contributed by atoms with Crippen LogP contribution >= 0.6 is 0 Å². The highest BCUT2D eigenvalue weighted by Crippen LogP contribution is 2.34. The first-order valence-electron chi connectivity index (χ1n) is 9.23. The van der Waals surface area contributed by atoms with Crippen LogP contribution < -0.4 is 0 Å². The molecule has 1 aliphatic carbocycles. The molecule has 0 spiro atoms. The Labute approximate surface area is 153 Å². The molecule has 0 unspecified atom stereocenters. The zero-order valence-corrected chi connectivity index (χ0v) is 15.3. The van der Waals surface area contributed by atoms with Gasteiger partial charge in [-0.2, -0.15) is 10.2 Å². The summed E-state index contributed by atoms with van der Waals surface area (Å²) in [5.74, 6) is 1.28. The van der Waals surface area contributed by atoms with Gasteiger partial charge in [0.05, 0.1) is 17.6 Å². The van der Waals surface area contributed by atoms with Crippen molar-refractivity contribution < 1.29 is 0 Å². The molecule has 0 aromatic carbocycles. The number of hydrogen-bond donors (Lipinski definition) is 0. The maximum Gasteiger partial charge on any atom is 0.152 e. The van der Waals surface area contributed by atoms with Crippen LogP contribution in [-0.4, -0.2) is 29.5 Å². The van der Waals surface area contributed by atoms with E-state index in [1.165, 1.54) is 43.4 Å². The van der Waals surface area contributed by atoms with Gasteiger partial charge in [-0.3, -0.25) is 9.36 Å². The molecule has 4 rings (SSSR count). The van der Waals surface area contributed by atoms with Crippen LogP contribution in [0.2, 0.25) is 0 Å². The van der Waals surface area contributed by atoms with Gasteiger partial charge in [0.2, 0.25) is 0 Å². The lowest BCUT2D eigenvalue weighted by Crippen LogP contribution is -2.06. The summed E-state index contributed by atoms with van der Waals surface area (Å²) in [6.45, 7) is 0. The van der Waals surface area contributed by atoms with Crippen molar-refractivity contribution in [2.24, 2.45) is 14.1 Å². The minimum absolute atomic E-state index is 0.576. The Morgan fingerprint density at radius 3 is 2.65 bits per heavy atom. The largest absolute Gasteiger partial charge is 0.275 e. The second-order valence-corrected chi connectivity index (χ2v) is 7.01. The molecule has 6 heteroatoms.